The highest BCUT2D eigenvalue weighted by Crippen LogP contribution is 2.12. The number of carbonyl (C=O) groups excluding carboxylic acids is 2. The number of quaternary nitrogens is 1. The van der Waals surface area contributed by atoms with Gasteiger partial charge >= 0.3 is 17.9 Å². The molecule has 0 spiro atoms. The van der Waals surface area contributed by atoms with Crippen LogP contribution in [0.4, 0.5) is 0 Å². The molecule has 0 heterocycles. The summed E-state index contributed by atoms with van der Waals surface area (Å²) in [5.74, 6) is -2.12. The number of unbranched alkanes of at least 4 members (excludes halogenated alkanes) is 12. The normalized spacial score (nSPS) is 13.8. The summed E-state index contributed by atoms with van der Waals surface area (Å²) in [4.78, 5) is 37.3. The molecule has 0 amide bonds. The number of aliphatic carboxylic acids is 1. The molecule has 0 saturated carbocycles. The van der Waals surface area contributed by atoms with Crippen LogP contribution in [0.15, 0.2) is 122 Å². The van der Waals surface area contributed by atoms with Crippen molar-refractivity contribution in [3.8, 4) is 0 Å². The number of hydrogen-bond donors (Lipinski definition) is 1. The predicted molar refractivity (Wildman–Crippen MR) is 290 cm³/mol. The van der Waals surface area contributed by atoms with E-state index in [-0.39, 0.29) is 38.6 Å². The Morgan fingerprint density at radius 3 is 1.28 bits per heavy atom. The number of ether oxygens (including phenoxy) is 4. The molecule has 0 aliphatic rings. The Labute approximate surface area is 421 Å². The molecule has 9 nitrogen and oxygen atoms in total. The Balaban J connectivity index is 4.49. The standard InChI is InChI=1S/C60H97NO8/c1-6-8-10-12-14-16-18-20-22-24-26-28-29-31-33-35-37-39-41-43-45-47-49-51-58(63)69-56(55-68-60(59(64)65)66-53-52-61(3,4)5)54-67-57(62)50-48-46-44-42-40-38-36-34-32-30-27-25-23-21-19-17-15-13-11-9-7-2/h8,10,14,16,19-22,25-28,31-34,37,39,43,45,56,60H,6-7,9,11-13,15,17-18,23-24,29-30,35-36,38,40-42,44,46-55H2,1-5H3/p+1/b10-8-,16-14-,21-19-,22-20-,27-25-,28-26-,33-31-,34-32-,39-37-,45-43-. The van der Waals surface area contributed by atoms with Crippen LogP contribution in [0.1, 0.15) is 181 Å². The molecule has 0 aliphatic heterocycles. The Kier molecular flexibility index (Phi) is 47.0. The van der Waals surface area contributed by atoms with Crippen molar-refractivity contribution in [3.63, 3.8) is 0 Å². The third kappa shape index (κ3) is 51.4. The SMILES string of the molecule is CC/C=C\C/C=C\C/C=C\C/C=C\C/C=C\C/C=C\C/C=C\CCCC(=O)OC(COC(=O)CCCCCCCC/C=C\C/C=C\C/C=C\CCCCCCC)COC(OCC[N+](C)(C)C)C(=O)O. The summed E-state index contributed by atoms with van der Waals surface area (Å²) < 4.78 is 22.7. The molecule has 390 valence electrons. The van der Waals surface area contributed by atoms with Crippen molar-refractivity contribution >= 4 is 17.9 Å². The zero-order chi connectivity index (χ0) is 50.6. The van der Waals surface area contributed by atoms with Gasteiger partial charge in [-0.2, -0.15) is 0 Å². The fraction of sp³-hybridized carbons (Fsp3) is 0.617. The molecule has 0 radical (unpaired) electrons. The molecule has 0 fully saturated rings. The minimum absolute atomic E-state index is 0.167. The van der Waals surface area contributed by atoms with Crippen LogP contribution in [0.3, 0.4) is 0 Å². The van der Waals surface area contributed by atoms with Crippen molar-refractivity contribution in [3.05, 3.63) is 122 Å². The van der Waals surface area contributed by atoms with Crippen LogP contribution in [-0.4, -0.2) is 87.4 Å². The van der Waals surface area contributed by atoms with Crippen LogP contribution >= 0.6 is 0 Å². The number of carboxylic acid groups (broad SMARTS) is 1. The summed E-state index contributed by atoms with van der Waals surface area (Å²) in [7, 11) is 5.93. The highest BCUT2D eigenvalue weighted by atomic mass is 16.7. The Morgan fingerprint density at radius 1 is 0.449 bits per heavy atom. The van der Waals surface area contributed by atoms with Gasteiger partial charge in [0.05, 0.1) is 34.4 Å². The van der Waals surface area contributed by atoms with Crippen molar-refractivity contribution < 1.29 is 42.9 Å². The lowest BCUT2D eigenvalue weighted by Crippen LogP contribution is -2.40. The maximum atomic E-state index is 12.8. The fourth-order valence-corrected chi connectivity index (χ4v) is 6.60. The van der Waals surface area contributed by atoms with Gasteiger partial charge in [-0.05, 0) is 103 Å². The van der Waals surface area contributed by atoms with Crippen molar-refractivity contribution in [2.24, 2.45) is 0 Å². The molecule has 1 N–H and O–H groups in total. The quantitative estimate of drug-likeness (QED) is 0.0211. The van der Waals surface area contributed by atoms with Gasteiger partial charge in [-0.25, -0.2) is 4.79 Å². The van der Waals surface area contributed by atoms with E-state index in [2.05, 4.69) is 135 Å². The van der Waals surface area contributed by atoms with E-state index >= 15 is 0 Å². The van der Waals surface area contributed by atoms with Crippen molar-refractivity contribution in [2.45, 2.75) is 193 Å². The second kappa shape index (κ2) is 50.1. The number of allylic oxidation sites excluding steroid dienone is 20. The van der Waals surface area contributed by atoms with Gasteiger partial charge in [0, 0.05) is 12.8 Å². The molecule has 0 aromatic carbocycles. The number of hydrogen-bond acceptors (Lipinski definition) is 7. The van der Waals surface area contributed by atoms with Crippen molar-refractivity contribution in [1.29, 1.82) is 0 Å². The first-order valence-corrected chi connectivity index (χ1v) is 26.7. The second-order valence-electron chi connectivity index (χ2n) is 18.4. The molecular weight excluding hydrogens is 863 g/mol. The van der Waals surface area contributed by atoms with Gasteiger partial charge in [-0.15, -0.1) is 0 Å². The molecule has 0 bridgehead atoms. The van der Waals surface area contributed by atoms with Crippen LogP contribution in [0.25, 0.3) is 0 Å². The van der Waals surface area contributed by atoms with Crippen LogP contribution in [0, 0.1) is 0 Å². The molecule has 0 aromatic rings. The smallest absolute Gasteiger partial charge is 0.361 e. The van der Waals surface area contributed by atoms with Gasteiger partial charge in [0.25, 0.3) is 6.29 Å². The van der Waals surface area contributed by atoms with Gasteiger partial charge in [0.1, 0.15) is 13.2 Å². The third-order valence-corrected chi connectivity index (χ3v) is 10.7. The maximum absolute atomic E-state index is 12.8. The number of nitrogens with zero attached hydrogens (tertiary/aromatic N) is 1. The average Bonchev–Trinajstić information content (AvgIpc) is 3.31. The highest BCUT2D eigenvalue weighted by molar-refractivity contribution is 5.71. The van der Waals surface area contributed by atoms with Crippen LogP contribution in [0.2, 0.25) is 0 Å². The van der Waals surface area contributed by atoms with E-state index in [9.17, 15) is 19.5 Å². The minimum atomic E-state index is -1.54. The Bertz CT molecular complexity index is 1540. The zero-order valence-electron chi connectivity index (χ0n) is 44.2. The summed E-state index contributed by atoms with van der Waals surface area (Å²) in [5.41, 5.74) is 0. The molecule has 0 saturated heterocycles. The summed E-state index contributed by atoms with van der Waals surface area (Å²) in [5, 5.41) is 9.68. The van der Waals surface area contributed by atoms with Gasteiger partial charge in [-0.3, -0.25) is 9.59 Å². The van der Waals surface area contributed by atoms with Gasteiger partial charge in [0.2, 0.25) is 0 Å². The number of likely N-dealkylation sites (N-methyl/N-ethyl adjacent to an activating group) is 1. The average molecular weight is 961 g/mol. The molecular formula is C60H98NO8+. The molecule has 2 unspecified atom stereocenters. The lowest BCUT2D eigenvalue weighted by molar-refractivity contribution is -0.870. The maximum Gasteiger partial charge on any atom is 0.361 e. The molecule has 2 atom stereocenters. The second-order valence-corrected chi connectivity index (χ2v) is 18.4. The monoisotopic (exact) mass is 961 g/mol. The van der Waals surface area contributed by atoms with E-state index < -0.39 is 24.3 Å². The first-order chi connectivity index (χ1) is 33.6. The summed E-state index contributed by atoms with van der Waals surface area (Å²) in [6, 6.07) is 0. The van der Waals surface area contributed by atoms with Crippen LogP contribution in [-0.2, 0) is 33.3 Å². The molecule has 9 heteroatoms. The number of esters is 2. The van der Waals surface area contributed by atoms with E-state index in [1.165, 1.54) is 38.5 Å². The lowest BCUT2D eigenvalue weighted by Gasteiger charge is -2.25. The van der Waals surface area contributed by atoms with Crippen LogP contribution < -0.4 is 0 Å². The van der Waals surface area contributed by atoms with E-state index in [0.717, 1.165) is 103 Å². The number of carbonyl (C=O) groups is 3. The van der Waals surface area contributed by atoms with E-state index in [1.54, 1.807) is 0 Å². The topological polar surface area (TPSA) is 108 Å². The number of rotatable bonds is 47. The van der Waals surface area contributed by atoms with Gasteiger partial charge in [-0.1, -0.05) is 187 Å². The predicted octanol–water partition coefficient (Wildman–Crippen LogP) is 15.3. The molecule has 0 rings (SSSR count). The molecule has 69 heavy (non-hydrogen) atoms. The van der Waals surface area contributed by atoms with E-state index in [1.807, 2.05) is 21.1 Å². The first kappa shape index (κ1) is 64.7. The van der Waals surface area contributed by atoms with Gasteiger partial charge in [0.15, 0.2) is 6.10 Å². The van der Waals surface area contributed by atoms with E-state index in [4.69, 9.17) is 18.9 Å². The largest absolute Gasteiger partial charge is 0.477 e. The van der Waals surface area contributed by atoms with Crippen molar-refractivity contribution in [2.75, 3.05) is 47.5 Å². The fourth-order valence-electron chi connectivity index (χ4n) is 6.60. The zero-order valence-corrected chi connectivity index (χ0v) is 44.2. The Hall–Kier alpha value is -4.31. The third-order valence-electron chi connectivity index (χ3n) is 10.7. The molecule has 0 aromatic heterocycles. The molecule has 0 aliphatic carbocycles. The van der Waals surface area contributed by atoms with E-state index in [0.29, 0.717) is 23.9 Å². The van der Waals surface area contributed by atoms with Crippen LogP contribution in [0.5, 0.6) is 0 Å². The van der Waals surface area contributed by atoms with Gasteiger partial charge < -0.3 is 28.5 Å². The number of carboxylic acids is 1. The summed E-state index contributed by atoms with van der Waals surface area (Å²) >= 11 is 0. The minimum Gasteiger partial charge on any atom is -0.477 e. The Morgan fingerprint density at radius 2 is 0.841 bits per heavy atom. The highest BCUT2D eigenvalue weighted by Gasteiger charge is 2.25. The summed E-state index contributed by atoms with van der Waals surface area (Å²) in [6.07, 6.45) is 67.0. The lowest BCUT2D eigenvalue weighted by atomic mass is 10.1. The van der Waals surface area contributed by atoms with Crippen molar-refractivity contribution in [1.82, 2.24) is 0 Å². The first-order valence-electron chi connectivity index (χ1n) is 26.7. The summed E-state index contributed by atoms with van der Waals surface area (Å²) in [6.45, 7) is 4.64.